The summed E-state index contributed by atoms with van der Waals surface area (Å²) < 4.78 is 16.7. The third-order valence-corrected chi connectivity index (χ3v) is 6.01. The summed E-state index contributed by atoms with van der Waals surface area (Å²) in [5, 5.41) is 5.58. The lowest BCUT2D eigenvalue weighted by Gasteiger charge is -2.14. The number of pyridine rings is 1. The van der Waals surface area contributed by atoms with Gasteiger partial charge in [0.05, 0.1) is 18.3 Å². The van der Waals surface area contributed by atoms with Crippen molar-refractivity contribution in [2.45, 2.75) is 19.4 Å². The van der Waals surface area contributed by atoms with Gasteiger partial charge in [-0.3, -0.25) is 14.0 Å². The maximum Gasteiger partial charge on any atom is 0.255 e. The van der Waals surface area contributed by atoms with E-state index in [1.54, 1.807) is 29.0 Å². The SMILES string of the molecule is O=c1cc(/C=C/c2ccc(F)cc2)ccn1-c1ccc2c(cnn2CCN2CCCC2)c1. The normalized spacial score (nSPS) is 14.7. The molecular formula is C26H25FN4O. The predicted molar refractivity (Wildman–Crippen MR) is 126 cm³/mol. The van der Waals surface area contributed by atoms with Crippen LogP contribution in [0.4, 0.5) is 4.39 Å². The van der Waals surface area contributed by atoms with Crippen molar-refractivity contribution in [1.82, 2.24) is 19.2 Å². The van der Waals surface area contributed by atoms with Crippen LogP contribution in [0.1, 0.15) is 24.0 Å². The van der Waals surface area contributed by atoms with E-state index in [0.717, 1.165) is 40.8 Å². The first kappa shape index (κ1) is 20.4. The molecule has 2 aromatic heterocycles. The molecule has 32 heavy (non-hydrogen) atoms. The van der Waals surface area contributed by atoms with Crippen molar-refractivity contribution in [2.75, 3.05) is 19.6 Å². The van der Waals surface area contributed by atoms with Crippen LogP contribution in [0.2, 0.25) is 0 Å². The van der Waals surface area contributed by atoms with Crippen molar-refractivity contribution in [3.05, 3.63) is 94.3 Å². The Labute approximate surface area is 186 Å². The van der Waals surface area contributed by atoms with Crippen LogP contribution in [0.3, 0.4) is 0 Å². The molecule has 162 valence electrons. The molecule has 0 atom stereocenters. The molecule has 0 N–H and O–H groups in total. The van der Waals surface area contributed by atoms with E-state index in [0.29, 0.717) is 0 Å². The second-order valence-electron chi connectivity index (χ2n) is 8.21. The van der Waals surface area contributed by atoms with Crippen LogP contribution in [0.15, 0.2) is 71.8 Å². The van der Waals surface area contributed by atoms with Gasteiger partial charge in [-0.25, -0.2) is 4.39 Å². The molecule has 0 bridgehead atoms. The van der Waals surface area contributed by atoms with Crippen LogP contribution in [-0.2, 0) is 6.54 Å². The maximum absolute atomic E-state index is 13.0. The predicted octanol–water partition coefficient (Wildman–Crippen LogP) is 4.59. The van der Waals surface area contributed by atoms with Crippen LogP contribution in [0, 0.1) is 5.82 Å². The zero-order chi connectivity index (χ0) is 21.9. The van der Waals surface area contributed by atoms with E-state index in [-0.39, 0.29) is 11.4 Å². The van der Waals surface area contributed by atoms with Gasteiger partial charge in [0.25, 0.3) is 5.56 Å². The average Bonchev–Trinajstić information content (AvgIpc) is 3.47. The Morgan fingerprint density at radius 1 is 0.906 bits per heavy atom. The maximum atomic E-state index is 13.0. The molecule has 2 aromatic carbocycles. The second kappa shape index (κ2) is 8.93. The van der Waals surface area contributed by atoms with Crippen LogP contribution >= 0.6 is 0 Å². The molecule has 1 fully saturated rings. The molecule has 4 aromatic rings. The number of rotatable bonds is 6. The molecule has 1 saturated heterocycles. The van der Waals surface area contributed by atoms with Gasteiger partial charge in [0.2, 0.25) is 0 Å². The van der Waals surface area contributed by atoms with Gasteiger partial charge in [-0.15, -0.1) is 0 Å². The summed E-state index contributed by atoms with van der Waals surface area (Å²) in [6.07, 6.45) is 9.95. The van der Waals surface area contributed by atoms with E-state index in [2.05, 4.69) is 10.00 Å². The first-order valence-electron chi connectivity index (χ1n) is 11.0. The molecule has 0 radical (unpaired) electrons. The smallest absolute Gasteiger partial charge is 0.255 e. The van der Waals surface area contributed by atoms with Gasteiger partial charge in [-0.05, 0) is 73.5 Å². The molecule has 5 rings (SSSR count). The number of likely N-dealkylation sites (tertiary alicyclic amines) is 1. The molecule has 6 heteroatoms. The van der Waals surface area contributed by atoms with E-state index in [1.807, 2.05) is 47.3 Å². The highest BCUT2D eigenvalue weighted by Gasteiger charge is 2.12. The van der Waals surface area contributed by atoms with Crippen molar-refractivity contribution < 1.29 is 4.39 Å². The zero-order valence-electron chi connectivity index (χ0n) is 17.8. The van der Waals surface area contributed by atoms with Crippen molar-refractivity contribution in [2.24, 2.45) is 0 Å². The van der Waals surface area contributed by atoms with Crippen molar-refractivity contribution in [1.29, 1.82) is 0 Å². The van der Waals surface area contributed by atoms with Gasteiger partial charge >= 0.3 is 0 Å². The number of fused-ring (bicyclic) bond motifs is 1. The Morgan fingerprint density at radius 2 is 1.69 bits per heavy atom. The monoisotopic (exact) mass is 428 g/mol. The molecule has 1 aliphatic heterocycles. The summed E-state index contributed by atoms with van der Waals surface area (Å²) in [6, 6.07) is 15.7. The minimum Gasteiger partial charge on any atom is -0.301 e. The fourth-order valence-electron chi connectivity index (χ4n) is 4.22. The van der Waals surface area contributed by atoms with Gasteiger partial charge < -0.3 is 4.90 Å². The fraction of sp³-hybridized carbons (Fsp3) is 0.231. The largest absolute Gasteiger partial charge is 0.301 e. The van der Waals surface area contributed by atoms with Crippen LogP contribution < -0.4 is 5.56 Å². The topological polar surface area (TPSA) is 43.1 Å². The van der Waals surface area contributed by atoms with Crippen LogP contribution in [-0.4, -0.2) is 38.9 Å². The lowest BCUT2D eigenvalue weighted by Crippen LogP contribution is -2.24. The van der Waals surface area contributed by atoms with Gasteiger partial charge in [0.1, 0.15) is 5.82 Å². The summed E-state index contributed by atoms with van der Waals surface area (Å²) >= 11 is 0. The first-order chi connectivity index (χ1) is 15.7. The van der Waals surface area contributed by atoms with E-state index < -0.39 is 0 Å². The van der Waals surface area contributed by atoms with E-state index in [9.17, 15) is 9.18 Å². The number of aromatic nitrogens is 3. The van der Waals surface area contributed by atoms with Gasteiger partial charge in [0, 0.05) is 29.9 Å². The third kappa shape index (κ3) is 4.41. The van der Waals surface area contributed by atoms with Gasteiger partial charge in [-0.2, -0.15) is 5.10 Å². The Hall–Kier alpha value is -3.51. The molecular weight excluding hydrogens is 403 g/mol. The Morgan fingerprint density at radius 3 is 2.47 bits per heavy atom. The fourth-order valence-corrected chi connectivity index (χ4v) is 4.22. The minimum atomic E-state index is -0.265. The molecule has 0 saturated carbocycles. The Balaban J connectivity index is 1.34. The summed E-state index contributed by atoms with van der Waals surface area (Å²) in [4.78, 5) is 15.2. The van der Waals surface area contributed by atoms with Crippen LogP contribution in [0.5, 0.6) is 0 Å². The Bertz CT molecular complexity index is 1310. The highest BCUT2D eigenvalue weighted by Crippen LogP contribution is 2.19. The standard InChI is InChI=1S/C26H25FN4O/c27-23-7-5-20(6-8-23)3-4-21-11-14-30(26(32)17-21)24-9-10-25-22(18-24)19-28-31(25)16-15-29-12-1-2-13-29/h3-11,14,17-19H,1-2,12-13,15-16H2/b4-3+. The summed E-state index contributed by atoms with van der Waals surface area (Å²) in [5.74, 6) is -0.265. The number of hydrogen-bond acceptors (Lipinski definition) is 3. The third-order valence-electron chi connectivity index (χ3n) is 6.01. The quantitative estimate of drug-likeness (QED) is 0.451. The number of benzene rings is 2. The second-order valence-corrected chi connectivity index (χ2v) is 8.21. The average molecular weight is 429 g/mol. The van der Waals surface area contributed by atoms with Crippen molar-refractivity contribution in [3.63, 3.8) is 0 Å². The summed E-state index contributed by atoms with van der Waals surface area (Å²) in [5.41, 5.74) is 3.47. The zero-order valence-corrected chi connectivity index (χ0v) is 17.8. The molecule has 0 aliphatic carbocycles. The minimum absolute atomic E-state index is 0.105. The van der Waals surface area contributed by atoms with Gasteiger partial charge in [0.15, 0.2) is 0 Å². The first-order valence-corrected chi connectivity index (χ1v) is 11.0. The molecule has 0 amide bonds. The highest BCUT2D eigenvalue weighted by atomic mass is 19.1. The number of halogens is 1. The van der Waals surface area contributed by atoms with E-state index in [1.165, 1.54) is 38.1 Å². The molecule has 0 spiro atoms. The van der Waals surface area contributed by atoms with Crippen molar-refractivity contribution in [3.8, 4) is 5.69 Å². The number of nitrogens with zero attached hydrogens (tertiary/aromatic N) is 4. The Kier molecular flexibility index (Phi) is 5.69. The van der Waals surface area contributed by atoms with E-state index in [4.69, 9.17) is 0 Å². The van der Waals surface area contributed by atoms with E-state index >= 15 is 0 Å². The van der Waals surface area contributed by atoms with Gasteiger partial charge in [-0.1, -0.05) is 24.3 Å². The summed E-state index contributed by atoms with van der Waals surface area (Å²) in [6.45, 7) is 4.26. The van der Waals surface area contributed by atoms with Crippen LogP contribution in [0.25, 0.3) is 28.7 Å². The number of hydrogen-bond donors (Lipinski definition) is 0. The lowest BCUT2D eigenvalue weighted by molar-refractivity contribution is 0.318. The molecule has 5 nitrogen and oxygen atoms in total. The highest BCUT2D eigenvalue weighted by molar-refractivity contribution is 5.81. The van der Waals surface area contributed by atoms with Crippen molar-refractivity contribution >= 4 is 23.1 Å². The molecule has 3 heterocycles. The molecule has 0 unspecified atom stereocenters. The lowest BCUT2D eigenvalue weighted by atomic mass is 10.1. The summed E-state index contributed by atoms with van der Waals surface area (Å²) in [7, 11) is 0. The molecule has 1 aliphatic rings.